The number of ether oxygens (including phenoxy) is 1. The van der Waals surface area contributed by atoms with E-state index in [4.69, 9.17) is 4.74 Å². The van der Waals surface area contributed by atoms with Gasteiger partial charge in [-0.25, -0.2) is 0 Å². The Balaban J connectivity index is 2.49. The minimum Gasteiger partial charge on any atom is -0.430 e. The predicted octanol–water partition coefficient (Wildman–Crippen LogP) is 3.15. The minimum absolute atomic E-state index is 0.196. The molecule has 2 heterocycles. The largest absolute Gasteiger partial charge is 0.430 e. The number of aldehydes is 1. The highest BCUT2D eigenvalue weighted by atomic mass is 16.5. The summed E-state index contributed by atoms with van der Waals surface area (Å²) >= 11 is 0. The molecule has 102 valence electrons. The van der Waals surface area contributed by atoms with Gasteiger partial charge in [-0.05, 0) is 45.7 Å². The summed E-state index contributed by atoms with van der Waals surface area (Å²) in [5, 5.41) is 0. The molecule has 0 aromatic carbocycles. The van der Waals surface area contributed by atoms with Gasteiger partial charge in [0.05, 0.1) is 11.1 Å². The van der Waals surface area contributed by atoms with Crippen molar-refractivity contribution >= 4 is 17.8 Å². The lowest BCUT2D eigenvalue weighted by molar-refractivity contribution is -0.142. The Morgan fingerprint density at radius 2 is 1.95 bits per heavy atom. The fraction of sp³-hybridized carbons (Fsp3) is 0.467. The number of esters is 1. The van der Waals surface area contributed by atoms with Gasteiger partial charge in [-0.3, -0.25) is 9.59 Å². The fourth-order valence-electron chi connectivity index (χ4n) is 2.31. The van der Waals surface area contributed by atoms with E-state index in [1.54, 1.807) is 0 Å². The van der Waals surface area contributed by atoms with Crippen molar-refractivity contribution in [3.05, 3.63) is 28.3 Å². The number of hydrogen-bond acceptors (Lipinski definition) is 3. The number of carbonyl (C=O) groups is 2. The van der Waals surface area contributed by atoms with Gasteiger partial charge in [-0.2, -0.15) is 0 Å². The van der Waals surface area contributed by atoms with E-state index < -0.39 is 5.41 Å². The van der Waals surface area contributed by atoms with Crippen molar-refractivity contribution < 1.29 is 14.3 Å². The first-order valence-electron chi connectivity index (χ1n) is 6.34. The van der Waals surface area contributed by atoms with E-state index in [1.165, 1.54) is 0 Å². The lowest BCUT2D eigenvalue weighted by Gasteiger charge is -2.08. The highest BCUT2D eigenvalue weighted by Crippen LogP contribution is 2.39. The molecule has 0 saturated carbocycles. The van der Waals surface area contributed by atoms with Crippen molar-refractivity contribution in [3.8, 4) is 0 Å². The van der Waals surface area contributed by atoms with Crippen molar-refractivity contribution in [1.29, 1.82) is 0 Å². The molecule has 0 aliphatic carbocycles. The summed E-state index contributed by atoms with van der Waals surface area (Å²) in [6.07, 6.45) is 1.40. The second kappa shape index (κ2) is 4.37. The third-order valence-electron chi connectivity index (χ3n) is 3.88. The summed E-state index contributed by atoms with van der Waals surface area (Å²) in [4.78, 5) is 25.8. The van der Waals surface area contributed by atoms with Gasteiger partial charge in [-0.1, -0.05) is 0 Å². The first-order valence-corrected chi connectivity index (χ1v) is 6.34. The molecular formula is C15H19NO3. The summed E-state index contributed by atoms with van der Waals surface area (Å²) in [5.41, 5.74) is 3.84. The molecule has 1 N–H and O–H groups in total. The Morgan fingerprint density at radius 1 is 1.32 bits per heavy atom. The molecule has 4 heteroatoms. The van der Waals surface area contributed by atoms with E-state index in [0.717, 1.165) is 28.7 Å². The van der Waals surface area contributed by atoms with Gasteiger partial charge in [0.15, 0.2) is 6.29 Å². The Bertz CT molecular complexity index is 591. The van der Waals surface area contributed by atoms with Crippen molar-refractivity contribution in [2.24, 2.45) is 5.41 Å². The number of aromatic nitrogens is 1. The first-order chi connectivity index (χ1) is 8.77. The van der Waals surface area contributed by atoms with Crippen LogP contribution in [-0.2, 0) is 9.53 Å². The third kappa shape index (κ3) is 2.11. The van der Waals surface area contributed by atoms with Gasteiger partial charge < -0.3 is 9.72 Å². The predicted molar refractivity (Wildman–Crippen MR) is 72.7 cm³/mol. The van der Waals surface area contributed by atoms with E-state index in [0.29, 0.717) is 17.9 Å². The fourth-order valence-corrected chi connectivity index (χ4v) is 2.31. The van der Waals surface area contributed by atoms with Crippen molar-refractivity contribution in [2.75, 3.05) is 0 Å². The molecule has 0 bridgehead atoms. The average molecular weight is 261 g/mol. The molecule has 0 spiro atoms. The highest BCUT2D eigenvalue weighted by Gasteiger charge is 2.39. The van der Waals surface area contributed by atoms with Crippen LogP contribution in [0.1, 0.15) is 54.5 Å². The molecule has 1 aliphatic rings. The zero-order chi connectivity index (χ0) is 14.4. The number of aromatic amines is 1. The Labute approximate surface area is 112 Å². The summed E-state index contributed by atoms with van der Waals surface area (Å²) in [6, 6.07) is 0. The maximum atomic E-state index is 11.7. The molecule has 4 nitrogen and oxygen atoms in total. The van der Waals surface area contributed by atoms with E-state index in [2.05, 4.69) is 4.98 Å². The lowest BCUT2D eigenvalue weighted by Crippen LogP contribution is -2.16. The molecule has 0 unspecified atom stereocenters. The SMILES string of the molecule is C/C(=C1/CC(C)(C)C(=O)O1)c1[nH]c(C=O)c(C)c1C. The number of carbonyl (C=O) groups excluding carboxylic acids is 2. The zero-order valence-corrected chi connectivity index (χ0v) is 12.0. The molecule has 0 atom stereocenters. The molecule has 0 amide bonds. The number of nitrogens with one attached hydrogen (secondary N) is 1. The molecule has 19 heavy (non-hydrogen) atoms. The maximum absolute atomic E-state index is 11.7. The van der Waals surface area contributed by atoms with Crippen LogP contribution in [0.5, 0.6) is 0 Å². The number of allylic oxidation sites excluding steroid dienone is 2. The van der Waals surface area contributed by atoms with Gasteiger partial charge in [0.1, 0.15) is 5.76 Å². The summed E-state index contributed by atoms with van der Waals surface area (Å²) in [6.45, 7) is 9.52. The molecule has 2 rings (SSSR count). The van der Waals surface area contributed by atoms with Gasteiger partial charge in [-0.15, -0.1) is 0 Å². The maximum Gasteiger partial charge on any atom is 0.317 e. The Hall–Kier alpha value is -1.84. The second-order valence-corrected chi connectivity index (χ2v) is 5.78. The molecule has 0 radical (unpaired) electrons. The number of H-pyrrole nitrogens is 1. The molecule has 1 aliphatic heterocycles. The average Bonchev–Trinajstić information content (AvgIpc) is 2.78. The molecule has 1 fully saturated rings. The van der Waals surface area contributed by atoms with Crippen LogP contribution in [0, 0.1) is 19.3 Å². The molecule has 1 aromatic heterocycles. The van der Waals surface area contributed by atoms with Crippen LogP contribution in [-0.4, -0.2) is 17.2 Å². The Kier molecular flexibility index (Phi) is 3.12. The standard InChI is InChI=1S/C15H19NO3/c1-8-9(2)13(16-11(8)7-17)10(3)12-6-15(4,5)14(18)19-12/h7,16H,6H2,1-5H3/b12-10+. The molecule has 1 saturated heterocycles. The first kappa shape index (κ1) is 13.6. The van der Waals surface area contributed by atoms with Crippen LogP contribution < -0.4 is 0 Å². The van der Waals surface area contributed by atoms with E-state index >= 15 is 0 Å². The Morgan fingerprint density at radius 3 is 2.37 bits per heavy atom. The van der Waals surface area contributed by atoms with Gasteiger partial charge in [0.25, 0.3) is 0 Å². The van der Waals surface area contributed by atoms with Gasteiger partial charge in [0.2, 0.25) is 0 Å². The van der Waals surface area contributed by atoms with Crippen LogP contribution in [0.25, 0.3) is 5.57 Å². The van der Waals surface area contributed by atoms with Crippen LogP contribution in [0.4, 0.5) is 0 Å². The van der Waals surface area contributed by atoms with Crippen molar-refractivity contribution in [3.63, 3.8) is 0 Å². The van der Waals surface area contributed by atoms with E-state index in [1.807, 2.05) is 34.6 Å². The number of cyclic esters (lactones) is 1. The van der Waals surface area contributed by atoms with Crippen LogP contribution in [0.3, 0.4) is 0 Å². The number of hydrogen-bond donors (Lipinski definition) is 1. The zero-order valence-electron chi connectivity index (χ0n) is 12.0. The smallest absolute Gasteiger partial charge is 0.317 e. The van der Waals surface area contributed by atoms with Crippen molar-refractivity contribution in [2.45, 2.75) is 41.0 Å². The van der Waals surface area contributed by atoms with Crippen LogP contribution in [0.2, 0.25) is 0 Å². The van der Waals surface area contributed by atoms with E-state index in [9.17, 15) is 9.59 Å². The van der Waals surface area contributed by atoms with E-state index in [-0.39, 0.29) is 5.97 Å². The summed E-state index contributed by atoms with van der Waals surface area (Å²) < 4.78 is 5.36. The molecular weight excluding hydrogens is 242 g/mol. The summed E-state index contributed by atoms with van der Waals surface area (Å²) in [5.74, 6) is 0.496. The number of rotatable bonds is 2. The minimum atomic E-state index is -0.473. The third-order valence-corrected chi connectivity index (χ3v) is 3.88. The quantitative estimate of drug-likeness (QED) is 0.657. The van der Waals surface area contributed by atoms with Gasteiger partial charge in [0, 0.05) is 17.7 Å². The molecule has 1 aromatic rings. The van der Waals surface area contributed by atoms with Gasteiger partial charge >= 0.3 is 5.97 Å². The van der Waals surface area contributed by atoms with Crippen molar-refractivity contribution in [1.82, 2.24) is 4.98 Å². The highest BCUT2D eigenvalue weighted by molar-refractivity contribution is 5.84. The normalized spacial score (nSPS) is 20.4. The topological polar surface area (TPSA) is 59.2 Å². The van der Waals surface area contributed by atoms with Crippen LogP contribution in [0.15, 0.2) is 5.76 Å². The monoisotopic (exact) mass is 261 g/mol. The lowest BCUT2D eigenvalue weighted by atomic mass is 9.90. The second-order valence-electron chi connectivity index (χ2n) is 5.78. The van der Waals surface area contributed by atoms with Crippen LogP contribution >= 0.6 is 0 Å². The summed E-state index contributed by atoms with van der Waals surface area (Å²) in [7, 11) is 0.